The number of thiophene rings is 1. The van der Waals surface area contributed by atoms with Gasteiger partial charge in [-0.15, -0.1) is 11.3 Å². The van der Waals surface area contributed by atoms with Crippen molar-refractivity contribution >= 4 is 54.0 Å². The summed E-state index contributed by atoms with van der Waals surface area (Å²) < 4.78 is 2.62. The molecule has 0 bridgehead atoms. The second kappa shape index (κ2) is 9.81. The molecule has 1 aliphatic carbocycles. The van der Waals surface area contributed by atoms with Gasteiger partial charge in [-0.05, 0) is 58.9 Å². The molecule has 6 aromatic rings. The fourth-order valence-electron chi connectivity index (χ4n) is 5.47. The van der Waals surface area contributed by atoms with E-state index in [1.807, 2.05) is 11.3 Å². The summed E-state index contributed by atoms with van der Waals surface area (Å²) in [6.07, 6.45) is 6.83. The van der Waals surface area contributed by atoms with E-state index in [9.17, 15) is 0 Å². The molecule has 5 aromatic carbocycles. The van der Waals surface area contributed by atoms with Crippen molar-refractivity contribution in [2.45, 2.75) is 12.8 Å². The quantitative estimate of drug-likeness (QED) is 0.246. The van der Waals surface area contributed by atoms with E-state index in [0.717, 1.165) is 24.2 Å². The van der Waals surface area contributed by atoms with Crippen LogP contribution < -0.4 is 5.32 Å². The van der Waals surface area contributed by atoms with Crippen LogP contribution in [0.1, 0.15) is 24.0 Å². The largest absolute Gasteiger partial charge is 0.354 e. The minimum absolute atomic E-state index is 1.05. The Kier molecular flexibility index (Phi) is 5.88. The Bertz CT molecular complexity index is 1820. The molecular formula is C36H27NS. The Hall–Kier alpha value is -4.40. The summed E-state index contributed by atoms with van der Waals surface area (Å²) in [6, 6.07) is 43.6. The van der Waals surface area contributed by atoms with Crippen LogP contribution in [0.3, 0.4) is 0 Å². The molecule has 0 unspecified atom stereocenters. The minimum Gasteiger partial charge on any atom is -0.354 e. The van der Waals surface area contributed by atoms with E-state index >= 15 is 0 Å². The zero-order chi connectivity index (χ0) is 25.3. The van der Waals surface area contributed by atoms with Crippen LogP contribution >= 0.6 is 11.3 Å². The standard InChI is InChI=1S/C36H27NS/c1-3-11-25(12-4-1)27-15-9-16-28(23-27)29-21-22-30(26-13-5-2-6-14-26)34(24-29)37-33-19-10-18-32-31-17-7-8-20-35(31)38-36(32)33/h1-8,10-15,17-24,37H,9,16H2. The molecule has 0 radical (unpaired) electrons. The highest BCUT2D eigenvalue weighted by Crippen LogP contribution is 2.41. The summed E-state index contributed by atoms with van der Waals surface area (Å²) in [7, 11) is 0. The lowest BCUT2D eigenvalue weighted by molar-refractivity contribution is 1.06. The number of nitrogens with one attached hydrogen (secondary N) is 1. The topological polar surface area (TPSA) is 12.0 Å². The molecule has 38 heavy (non-hydrogen) atoms. The molecule has 0 aliphatic heterocycles. The van der Waals surface area contributed by atoms with Gasteiger partial charge in [-0.25, -0.2) is 0 Å². The number of anilines is 2. The minimum atomic E-state index is 1.05. The van der Waals surface area contributed by atoms with Gasteiger partial charge in [0.05, 0.1) is 10.4 Å². The van der Waals surface area contributed by atoms with Gasteiger partial charge in [-0.2, -0.15) is 0 Å². The van der Waals surface area contributed by atoms with Crippen molar-refractivity contribution < 1.29 is 0 Å². The van der Waals surface area contributed by atoms with E-state index in [-0.39, 0.29) is 0 Å². The third-order valence-corrected chi connectivity index (χ3v) is 8.58. The molecule has 1 N–H and O–H groups in total. The Balaban J connectivity index is 1.34. The highest BCUT2D eigenvalue weighted by molar-refractivity contribution is 7.26. The van der Waals surface area contributed by atoms with Gasteiger partial charge >= 0.3 is 0 Å². The van der Waals surface area contributed by atoms with Gasteiger partial charge in [0.1, 0.15) is 0 Å². The van der Waals surface area contributed by atoms with Gasteiger partial charge in [0.2, 0.25) is 0 Å². The second-order valence-electron chi connectivity index (χ2n) is 9.77. The monoisotopic (exact) mass is 505 g/mol. The lowest BCUT2D eigenvalue weighted by Crippen LogP contribution is -1.98. The first-order valence-corrected chi connectivity index (χ1v) is 14.0. The zero-order valence-electron chi connectivity index (χ0n) is 21.0. The van der Waals surface area contributed by atoms with Crippen LogP contribution in [0.15, 0.2) is 133 Å². The molecule has 0 amide bonds. The predicted molar refractivity (Wildman–Crippen MR) is 166 cm³/mol. The molecule has 0 saturated carbocycles. The Morgan fingerprint density at radius 1 is 0.579 bits per heavy atom. The smallest absolute Gasteiger partial charge is 0.0590 e. The van der Waals surface area contributed by atoms with E-state index < -0.39 is 0 Å². The number of rotatable bonds is 5. The highest BCUT2D eigenvalue weighted by atomic mass is 32.1. The van der Waals surface area contributed by atoms with Crippen molar-refractivity contribution in [3.8, 4) is 11.1 Å². The van der Waals surface area contributed by atoms with Crippen molar-refractivity contribution in [1.29, 1.82) is 0 Å². The van der Waals surface area contributed by atoms with Crippen LogP contribution in [0, 0.1) is 0 Å². The fraction of sp³-hybridized carbons (Fsp3) is 0.0556. The van der Waals surface area contributed by atoms with Crippen LogP contribution in [-0.2, 0) is 0 Å². The van der Waals surface area contributed by atoms with Crippen LogP contribution in [0.5, 0.6) is 0 Å². The lowest BCUT2D eigenvalue weighted by atomic mass is 9.89. The first-order chi connectivity index (χ1) is 18.8. The number of hydrogen-bond acceptors (Lipinski definition) is 2. The van der Waals surface area contributed by atoms with Crippen molar-refractivity contribution in [3.05, 3.63) is 145 Å². The number of hydrogen-bond donors (Lipinski definition) is 1. The summed E-state index contributed by atoms with van der Waals surface area (Å²) in [5, 5.41) is 6.49. The van der Waals surface area contributed by atoms with Gasteiger partial charge in [-0.1, -0.05) is 115 Å². The summed E-state index contributed by atoms with van der Waals surface area (Å²) in [4.78, 5) is 0. The van der Waals surface area contributed by atoms with Crippen molar-refractivity contribution in [2.75, 3.05) is 5.32 Å². The first kappa shape index (κ1) is 22.8. The third kappa shape index (κ3) is 4.23. The molecule has 1 aliphatic rings. The molecule has 0 saturated heterocycles. The Morgan fingerprint density at radius 3 is 2.16 bits per heavy atom. The SMILES string of the molecule is C1=C(c2ccccc2)C=C(c2ccc(-c3ccccc3)c(Nc3cccc4c3sc3ccccc34)c2)CC1. The maximum absolute atomic E-state index is 3.87. The average molecular weight is 506 g/mol. The van der Waals surface area contributed by atoms with E-state index in [1.165, 1.54) is 53.6 Å². The van der Waals surface area contributed by atoms with E-state index in [1.54, 1.807) is 0 Å². The lowest BCUT2D eigenvalue weighted by Gasteiger charge is -2.18. The second-order valence-corrected chi connectivity index (χ2v) is 10.8. The summed E-state index contributed by atoms with van der Waals surface area (Å²) in [6.45, 7) is 0. The predicted octanol–water partition coefficient (Wildman–Crippen LogP) is 10.7. The van der Waals surface area contributed by atoms with Gasteiger partial charge in [0, 0.05) is 26.7 Å². The highest BCUT2D eigenvalue weighted by Gasteiger charge is 2.15. The molecule has 7 rings (SSSR count). The molecule has 182 valence electrons. The molecular weight excluding hydrogens is 478 g/mol. The molecule has 1 heterocycles. The molecule has 0 fully saturated rings. The van der Waals surface area contributed by atoms with E-state index in [0.29, 0.717) is 0 Å². The summed E-state index contributed by atoms with van der Waals surface area (Å²) in [5.41, 5.74) is 9.96. The van der Waals surface area contributed by atoms with Crippen molar-refractivity contribution in [1.82, 2.24) is 0 Å². The van der Waals surface area contributed by atoms with Crippen molar-refractivity contribution in [2.24, 2.45) is 0 Å². The normalized spacial score (nSPS) is 13.4. The Labute approximate surface area is 227 Å². The molecule has 2 heteroatoms. The van der Waals surface area contributed by atoms with E-state index in [2.05, 4.69) is 139 Å². The number of fused-ring (bicyclic) bond motifs is 3. The third-order valence-electron chi connectivity index (χ3n) is 7.36. The zero-order valence-corrected chi connectivity index (χ0v) is 21.8. The average Bonchev–Trinajstić information content (AvgIpc) is 3.38. The van der Waals surface area contributed by atoms with Crippen LogP contribution in [0.4, 0.5) is 11.4 Å². The number of benzene rings is 5. The van der Waals surface area contributed by atoms with Crippen molar-refractivity contribution in [3.63, 3.8) is 0 Å². The molecule has 0 atom stereocenters. The first-order valence-electron chi connectivity index (χ1n) is 13.2. The van der Waals surface area contributed by atoms with Gasteiger partial charge in [0.25, 0.3) is 0 Å². The van der Waals surface area contributed by atoms with Gasteiger partial charge in [0.15, 0.2) is 0 Å². The fourth-order valence-corrected chi connectivity index (χ4v) is 6.64. The molecule has 1 aromatic heterocycles. The van der Waals surface area contributed by atoms with Crippen LogP contribution in [0.25, 0.3) is 42.4 Å². The van der Waals surface area contributed by atoms with Gasteiger partial charge in [-0.3, -0.25) is 0 Å². The van der Waals surface area contributed by atoms with Crippen LogP contribution in [0.2, 0.25) is 0 Å². The Morgan fingerprint density at radius 2 is 1.32 bits per heavy atom. The molecule has 1 nitrogen and oxygen atoms in total. The maximum atomic E-state index is 3.87. The van der Waals surface area contributed by atoms with E-state index in [4.69, 9.17) is 0 Å². The van der Waals surface area contributed by atoms with Gasteiger partial charge < -0.3 is 5.32 Å². The summed E-state index contributed by atoms with van der Waals surface area (Å²) in [5.74, 6) is 0. The van der Waals surface area contributed by atoms with Crippen LogP contribution in [-0.4, -0.2) is 0 Å². The maximum Gasteiger partial charge on any atom is 0.0590 e. The molecule has 0 spiro atoms. The summed E-state index contributed by atoms with van der Waals surface area (Å²) >= 11 is 1.86. The number of allylic oxidation sites excluding steroid dienone is 4.